The van der Waals surface area contributed by atoms with Crippen molar-refractivity contribution in [2.75, 3.05) is 20.1 Å². The highest BCUT2D eigenvalue weighted by atomic mass is 35.5. The average Bonchev–Trinajstić information content (AvgIpc) is 2.46. The van der Waals surface area contributed by atoms with Crippen LogP contribution < -0.4 is 9.47 Å². The molecule has 8 heteroatoms. The molecular formula is C12H14ClNO6. The zero-order chi connectivity index (χ0) is 15.0. The molecule has 0 N–H and O–H groups in total. The number of carbonyl (C=O) groups is 2. The quantitative estimate of drug-likeness (QED) is 0.610. The molecule has 0 saturated heterocycles. The molecule has 1 heterocycles. The van der Waals surface area contributed by atoms with E-state index in [2.05, 4.69) is 14.5 Å². The first-order valence-electron chi connectivity index (χ1n) is 5.67. The van der Waals surface area contributed by atoms with Gasteiger partial charge in [0.2, 0.25) is 5.88 Å². The van der Waals surface area contributed by atoms with Gasteiger partial charge >= 0.3 is 12.3 Å². The fraction of sp³-hybridized carbons (Fsp3) is 0.417. The number of pyridine rings is 1. The van der Waals surface area contributed by atoms with Crippen LogP contribution >= 0.6 is 11.6 Å². The number of methoxy groups -OCH3 is 2. The minimum Gasteiger partial charge on any atom is -0.437 e. The first-order chi connectivity index (χ1) is 9.60. The number of rotatable bonds is 5. The van der Waals surface area contributed by atoms with Gasteiger partial charge in [0.25, 0.3) is 0 Å². The van der Waals surface area contributed by atoms with E-state index in [0.717, 1.165) is 0 Å². The van der Waals surface area contributed by atoms with Gasteiger partial charge in [-0.25, -0.2) is 14.6 Å². The Morgan fingerprint density at radius 1 is 1.20 bits per heavy atom. The molecule has 110 valence electrons. The zero-order valence-corrected chi connectivity index (χ0v) is 11.8. The summed E-state index contributed by atoms with van der Waals surface area (Å²) in [6.45, 7) is 0. The standard InChI is InChI=1S/C12H14ClNO6/c1-17-11(15)19-9-6-10(20-12(16)18-2)14-7-8(9)4-3-5-13/h6-7H,3-5H2,1-2H3. The Bertz CT molecular complexity index is 479. The van der Waals surface area contributed by atoms with Crippen molar-refractivity contribution in [3.8, 4) is 11.6 Å². The fourth-order valence-corrected chi connectivity index (χ4v) is 1.44. The second-order valence-corrected chi connectivity index (χ2v) is 3.91. The van der Waals surface area contributed by atoms with Crippen molar-refractivity contribution >= 4 is 23.9 Å². The van der Waals surface area contributed by atoms with Crippen LogP contribution in [0.4, 0.5) is 9.59 Å². The predicted molar refractivity (Wildman–Crippen MR) is 69.3 cm³/mol. The molecule has 0 bridgehead atoms. The van der Waals surface area contributed by atoms with Crippen LogP contribution in [0, 0.1) is 0 Å². The molecule has 1 rings (SSSR count). The molecule has 0 aliphatic rings. The minimum atomic E-state index is -0.921. The molecule has 0 aliphatic carbocycles. The second kappa shape index (κ2) is 8.21. The zero-order valence-electron chi connectivity index (χ0n) is 11.1. The predicted octanol–water partition coefficient (Wildman–Crippen LogP) is 2.54. The van der Waals surface area contributed by atoms with E-state index in [1.54, 1.807) is 0 Å². The third-order valence-corrected chi connectivity index (χ3v) is 2.48. The SMILES string of the molecule is COC(=O)Oc1cc(OC(=O)OC)c(CCCCl)cn1. The highest BCUT2D eigenvalue weighted by Gasteiger charge is 2.14. The molecule has 0 aromatic carbocycles. The van der Waals surface area contributed by atoms with Gasteiger partial charge in [-0.15, -0.1) is 11.6 Å². The average molecular weight is 304 g/mol. The van der Waals surface area contributed by atoms with Crippen LogP contribution in [0.3, 0.4) is 0 Å². The summed E-state index contributed by atoms with van der Waals surface area (Å²) >= 11 is 5.62. The molecule has 1 aromatic heterocycles. The molecule has 0 unspecified atom stereocenters. The van der Waals surface area contributed by atoms with E-state index >= 15 is 0 Å². The van der Waals surface area contributed by atoms with Crippen LogP contribution in [0.5, 0.6) is 11.6 Å². The van der Waals surface area contributed by atoms with Crippen molar-refractivity contribution in [2.24, 2.45) is 0 Å². The number of alkyl halides is 1. The lowest BCUT2D eigenvalue weighted by atomic mass is 10.1. The molecule has 0 saturated carbocycles. The van der Waals surface area contributed by atoms with E-state index in [1.165, 1.54) is 26.5 Å². The number of halogens is 1. The highest BCUT2D eigenvalue weighted by molar-refractivity contribution is 6.17. The van der Waals surface area contributed by atoms with E-state index in [0.29, 0.717) is 24.3 Å². The van der Waals surface area contributed by atoms with Crippen LogP contribution in [0.1, 0.15) is 12.0 Å². The summed E-state index contributed by atoms with van der Waals surface area (Å²) in [5.74, 6) is 0.596. The maximum Gasteiger partial charge on any atom is 0.514 e. The van der Waals surface area contributed by atoms with Crippen molar-refractivity contribution in [1.82, 2.24) is 4.98 Å². The Hall–Kier alpha value is -2.02. The highest BCUT2D eigenvalue weighted by Crippen LogP contribution is 2.24. The van der Waals surface area contributed by atoms with E-state index in [4.69, 9.17) is 21.1 Å². The molecule has 20 heavy (non-hydrogen) atoms. The first kappa shape index (κ1) is 16.0. The lowest BCUT2D eigenvalue weighted by Crippen LogP contribution is -2.12. The largest absolute Gasteiger partial charge is 0.514 e. The topological polar surface area (TPSA) is 84.0 Å². The molecule has 0 radical (unpaired) electrons. The van der Waals surface area contributed by atoms with E-state index in [9.17, 15) is 9.59 Å². The summed E-state index contributed by atoms with van der Waals surface area (Å²) in [7, 11) is 2.36. The van der Waals surface area contributed by atoms with Crippen molar-refractivity contribution < 1.29 is 28.5 Å². The summed E-state index contributed by atoms with van der Waals surface area (Å²) in [6, 6.07) is 1.30. The Morgan fingerprint density at radius 2 is 1.85 bits per heavy atom. The van der Waals surface area contributed by atoms with Crippen LogP contribution in [-0.2, 0) is 15.9 Å². The fourth-order valence-electron chi connectivity index (χ4n) is 1.30. The molecule has 1 aromatic rings. The summed E-state index contributed by atoms with van der Waals surface area (Å²) < 4.78 is 18.5. The number of hydrogen-bond acceptors (Lipinski definition) is 7. The Kier molecular flexibility index (Phi) is 6.58. The maximum atomic E-state index is 11.2. The van der Waals surface area contributed by atoms with Crippen LogP contribution in [0.2, 0.25) is 0 Å². The number of aromatic nitrogens is 1. The van der Waals surface area contributed by atoms with Gasteiger partial charge in [-0.2, -0.15) is 0 Å². The molecular weight excluding hydrogens is 290 g/mol. The van der Waals surface area contributed by atoms with Gasteiger partial charge in [0.15, 0.2) is 0 Å². The summed E-state index contributed by atoms with van der Waals surface area (Å²) in [5.41, 5.74) is 0.647. The van der Waals surface area contributed by atoms with Crippen molar-refractivity contribution in [3.63, 3.8) is 0 Å². The van der Waals surface area contributed by atoms with Crippen molar-refractivity contribution in [2.45, 2.75) is 12.8 Å². The summed E-state index contributed by atoms with van der Waals surface area (Å²) in [6.07, 6.45) is 0.866. The van der Waals surface area contributed by atoms with Gasteiger partial charge in [-0.05, 0) is 12.8 Å². The van der Waals surface area contributed by atoms with Crippen LogP contribution in [-0.4, -0.2) is 37.4 Å². The molecule has 0 aliphatic heterocycles. The lowest BCUT2D eigenvalue weighted by Gasteiger charge is -2.10. The normalized spacial score (nSPS) is 9.75. The van der Waals surface area contributed by atoms with Crippen LogP contribution in [0.25, 0.3) is 0 Å². The maximum absolute atomic E-state index is 11.2. The third kappa shape index (κ3) is 4.93. The van der Waals surface area contributed by atoms with E-state index < -0.39 is 12.3 Å². The molecule has 0 fully saturated rings. The third-order valence-electron chi connectivity index (χ3n) is 2.21. The van der Waals surface area contributed by atoms with Gasteiger partial charge < -0.3 is 18.9 Å². The van der Waals surface area contributed by atoms with E-state index in [1.807, 2.05) is 0 Å². The monoisotopic (exact) mass is 303 g/mol. The summed E-state index contributed by atoms with van der Waals surface area (Å²) in [5, 5.41) is 0. The Morgan fingerprint density at radius 3 is 2.45 bits per heavy atom. The van der Waals surface area contributed by atoms with Gasteiger partial charge in [0, 0.05) is 23.7 Å². The van der Waals surface area contributed by atoms with Gasteiger partial charge in [0.05, 0.1) is 14.2 Å². The lowest BCUT2D eigenvalue weighted by molar-refractivity contribution is 0.118. The van der Waals surface area contributed by atoms with Gasteiger partial charge in [-0.1, -0.05) is 0 Å². The Balaban J connectivity index is 2.94. The van der Waals surface area contributed by atoms with Crippen molar-refractivity contribution in [1.29, 1.82) is 0 Å². The van der Waals surface area contributed by atoms with Crippen LogP contribution in [0.15, 0.2) is 12.3 Å². The second-order valence-electron chi connectivity index (χ2n) is 3.54. The smallest absolute Gasteiger partial charge is 0.437 e. The number of hydrogen-bond donors (Lipinski definition) is 0. The van der Waals surface area contributed by atoms with E-state index in [-0.39, 0.29) is 11.6 Å². The number of nitrogens with zero attached hydrogens (tertiary/aromatic N) is 1. The number of ether oxygens (including phenoxy) is 4. The molecule has 0 spiro atoms. The minimum absolute atomic E-state index is 0.0506. The van der Waals surface area contributed by atoms with Gasteiger partial charge in [-0.3, -0.25) is 0 Å². The summed E-state index contributed by atoms with van der Waals surface area (Å²) in [4.78, 5) is 26.1. The number of aryl methyl sites for hydroxylation is 1. The van der Waals surface area contributed by atoms with Crippen molar-refractivity contribution in [3.05, 3.63) is 17.8 Å². The molecule has 0 atom stereocenters. The molecule has 0 amide bonds. The Labute approximate surface area is 120 Å². The number of carbonyl (C=O) groups excluding carboxylic acids is 2. The first-order valence-corrected chi connectivity index (χ1v) is 6.20. The molecule has 7 nitrogen and oxygen atoms in total. The van der Waals surface area contributed by atoms with Gasteiger partial charge in [0.1, 0.15) is 5.75 Å².